The summed E-state index contributed by atoms with van der Waals surface area (Å²) in [5, 5.41) is 11.5. The summed E-state index contributed by atoms with van der Waals surface area (Å²) < 4.78 is 2.12. The average molecular weight is 340 g/mol. The quantitative estimate of drug-likeness (QED) is 0.918. The maximum absolute atomic E-state index is 12.8. The molecule has 2 aliphatic rings. The Labute approximate surface area is 147 Å². The van der Waals surface area contributed by atoms with E-state index in [2.05, 4.69) is 44.2 Å². The number of carbonyl (C=O) groups is 1. The first kappa shape index (κ1) is 16.1. The van der Waals surface area contributed by atoms with Crippen molar-refractivity contribution in [3.8, 4) is 0 Å². The second-order valence-electron chi connectivity index (χ2n) is 6.83. The van der Waals surface area contributed by atoms with E-state index < -0.39 is 0 Å². The van der Waals surface area contributed by atoms with Crippen LogP contribution >= 0.6 is 0 Å². The number of nitrogens with one attached hydrogen (secondary N) is 1. The van der Waals surface area contributed by atoms with E-state index in [1.165, 1.54) is 5.56 Å². The van der Waals surface area contributed by atoms with Crippen molar-refractivity contribution in [3.63, 3.8) is 0 Å². The molecule has 0 aliphatic carbocycles. The fourth-order valence-electron chi connectivity index (χ4n) is 3.72. The fourth-order valence-corrected chi connectivity index (χ4v) is 3.72. The van der Waals surface area contributed by atoms with E-state index in [0.29, 0.717) is 6.54 Å². The van der Waals surface area contributed by atoms with Gasteiger partial charge < -0.3 is 19.7 Å². The first-order chi connectivity index (χ1) is 12.2. The SMILES string of the molecule is CN1CCN(C(=O)NCc2nnc3n2CCC3)C(c2ccccc2)C1. The first-order valence-corrected chi connectivity index (χ1v) is 8.91. The molecule has 7 heteroatoms. The van der Waals surface area contributed by atoms with Crippen LogP contribution in [0.15, 0.2) is 30.3 Å². The van der Waals surface area contributed by atoms with Gasteiger partial charge in [0.05, 0.1) is 12.6 Å². The molecule has 132 valence electrons. The minimum Gasteiger partial charge on any atom is -0.331 e. The van der Waals surface area contributed by atoms with Crippen molar-refractivity contribution >= 4 is 6.03 Å². The van der Waals surface area contributed by atoms with Gasteiger partial charge in [0.15, 0.2) is 5.82 Å². The van der Waals surface area contributed by atoms with E-state index in [9.17, 15) is 4.79 Å². The number of amides is 2. The Hall–Kier alpha value is -2.41. The molecular formula is C18H24N6O. The third kappa shape index (κ3) is 3.24. The lowest BCUT2D eigenvalue weighted by atomic mass is 10.0. The summed E-state index contributed by atoms with van der Waals surface area (Å²) in [6.07, 6.45) is 2.09. The number of urea groups is 1. The summed E-state index contributed by atoms with van der Waals surface area (Å²) in [6.45, 7) is 3.84. The van der Waals surface area contributed by atoms with E-state index in [0.717, 1.165) is 50.7 Å². The Balaban J connectivity index is 1.45. The van der Waals surface area contributed by atoms with Crippen LogP contribution in [0.5, 0.6) is 0 Å². The van der Waals surface area contributed by atoms with Gasteiger partial charge in [0.1, 0.15) is 5.82 Å². The van der Waals surface area contributed by atoms with Crippen molar-refractivity contribution in [1.82, 2.24) is 29.9 Å². The Bertz CT molecular complexity index is 743. The van der Waals surface area contributed by atoms with Gasteiger partial charge >= 0.3 is 6.03 Å². The summed E-state index contributed by atoms with van der Waals surface area (Å²) in [5.74, 6) is 1.89. The molecule has 0 saturated carbocycles. The van der Waals surface area contributed by atoms with Crippen LogP contribution in [-0.2, 0) is 19.5 Å². The number of aromatic nitrogens is 3. The number of benzene rings is 1. The predicted molar refractivity (Wildman–Crippen MR) is 94.0 cm³/mol. The number of aryl methyl sites for hydroxylation is 1. The van der Waals surface area contributed by atoms with E-state index in [1.54, 1.807) is 0 Å². The second kappa shape index (κ2) is 6.84. The summed E-state index contributed by atoms with van der Waals surface area (Å²) in [4.78, 5) is 17.0. The number of hydrogen-bond acceptors (Lipinski definition) is 4. The van der Waals surface area contributed by atoms with E-state index in [-0.39, 0.29) is 12.1 Å². The highest BCUT2D eigenvalue weighted by atomic mass is 16.2. The van der Waals surface area contributed by atoms with Crippen LogP contribution in [0.1, 0.15) is 29.7 Å². The van der Waals surface area contributed by atoms with Crippen LogP contribution in [0.2, 0.25) is 0 Å². The van der Waals surface area contributed by atoms with Crippen molar-refractivity contribution < 1.29 is 4.79 Å². The lowest BCUT2D eigenvalue weighted by molar-refractivity contribution is 0.108. The molecule has 1 fully saturated rings. The van der Waals surface area contributed by atoms with Gasteiger partial charge in [-0.25, -0.2) is 4.79 Å². The summed E-state index contributed by atoms with van der Waals surface area (Å²) in [6, 6.07) is 10.3. The molecule has 0 bridgehead atoms. The molecule has 1 N–H and O–H groups in total. The number of fused-ring (bicyclic) bond motifs is 1. The van der Waals surface area contributed by atoms with Crippen molar-refractivity contribution in [2.24, 2.45) is 0 Å². The van der Waals surface area contributed by atoms with Gasteiger partial charge in [0, 0.05) is 32.6 Å². The van der Waals surface area contributed by atoms with Gasteiger partial charge in [0.25, 0.3) is 0 Å². The van der Waals surface area contributed by atoms with Crippen LogP contribution in [0.4, 0.5) is 4.79 Å². The van der Waals surface area contributed by atoms with Crippen LogP contribution in [0.25, 0.3) is 0 Å². The van der Waals surface area contributed by atoms with E-state index in [1.807, 2.05) is 23.1 Å². The lowest BCUT2D eigenvalue weighted by Gasteiger charge is -2.40. The van der Waals surface area contributed by atoms with Gasteiger partial charge in [-0.15, -0.1) is 10.2 Å². The molecule has 1 saturated heterocycles. The summed E-state index contributed by atoms with van der Waals surface area (Å²) >= 11 is 0. The van der Waals surface area contributed by atoms with E-state index in [4.69, 9.17) is 0 Å². The van der Waals surface area contributed by atoms with Crippen molar-refractivity contribution in [2.45, 2.75) is 32.0 Å². The summed E-state index contributed by atoms with van der Waals surface area (Å²) in [7, 11) is 2.10. The first-order valence-electron chi connectivity index (χ1n) is 8.91. The standard InChI is InChI=1S/C18H24N6O/c1-22-10-11-23(15(13-22)14-6-3-2-4-7-14)18(25)19-12-17-21-20-16-8-5-9-24(16)17/h2-4,6-7,15H,5,8-13H2,1H3,(H,19,25). The molecule has 4 rings (SSSR count). The zero-order valence-corrected chi connectivity index (χ0v) is 14.6. The lowest BCUT2D eigenvalue weighted by Crippen LogP contribution is -2.52. The molecule has 2 aliphatic heterocycles. The van der Waals surface area contributed by atoms with Gasteiger partial charge in [0.2, 0.25) is 0 Å². The van der Waals surface area contributed by atoms with E-state index >= 15 is 0 Å². The van der Waals surface area contributed by atoms with Crippen LogP contribution < -0.4 is 5.32 Å². The maximum atomic E-state index is 12.8. The Kier molecular flexibility index (Phi) is 4.40. The zero-order valence-electron chi connectivity index (χ0n) is 14.6. The third-order valence-corrected chi connectivity index (χ3v) is 5.11. The minimum atomic E-state index is -0.0303. The molecule has 3 heterocycles. The summed E-state index contributed by atoms with van der Waals surface area (Å²) in [5.41, 5.74) is 1.17. The third-order valence-electron chi connectivity index (χ3n) is 5.11. The predicted octanol–water partition coefficient (Wildman–Crippen LogP) is 1.42. The highest BCUT2D eigenvalue weighted by Gasteiger charge is 2.30. The molecule has 2 amide bonds. The highest BCUT2D eigenvalue weighted by molar-refractivity contribution is 5.75. The number of hydrogen-bond donors (Lipinski definition) is 1. The maximum Gasteiger partial charge on any atom is 0.318 e. The number of rotatable bonds is 3. The smallest absolute Gasteiger partial charge is 0.318 e. The van der Waals surface area contributed by atoms with Crippen molar-refractivity contribution in [1.29, 1.82) is 0 Å². The van der Waals surface area contributed by atoms with Gasteiger partial charge in [-0.2, -0.15) is 0 Å². The number of likely N-dealkylation sites (N-methyl/N-ethyl adjacent to an activating group) is 1. The normalized spacial score (nSPS) is 20.5. The van der Waals surface area contributed by atoms with Crippen LogP contribution in [-0.4, -0.2) is 57.3 Å². The van der Waals surface area contributed by atoms with Crippen molar-refractivity contribution in [3.05, 3.63) is 47.5 Å². The molecule has 0 radical (unpaired) electrons. The molecule has 1 aromatic heterocycles. The monoisotopic (exact) mass is 340 g/mol. The van der Waals surface area contributed by atoms with Crippen LogP contribution in [0.3, 0.4) is 0 Å². The number of carbonyl (C=O) groups excluding carboxylic acids is 1. The molecule has 0 spiro atoms. The second-order valence-corrected chi connectivity index (χ2v) is 6.83. The largest absolute Gasteiger partial charge is 0.331 e. The Morgan fingerprint density at radius 1 is 1.20 bits per heavy atom. The highest BCUT2D eigenvalue weighted by Crippen LogP contribution is 2.25. The van der Waals surface area contributed by atoms with Gasteiger partial charge in [-0.05, 0) is 19.0 Å². The van der Waals surface area contributed by atoms with Crippen LogP contribution in [0, 0.1) is 0 Å². The number of nitrogens with zero attached hydrogens (tertiary/aromatic N) is 5. The van der Waals surface area contributed by atoms with Crippen molar-refractivity contribution in [2.75, 3.05) is 26.7 Å². The van der Waals surface area contributed by atoms with Gasteiger partial charge in [-0.1, -0.05) is 30.3 Å². The molecule has 1 atom stereocenters. The average Bonchev–Trinajstić information content (AvgIpc) is 3.24. The topological polar surface area (TPSA) is 66.3 Å². The molecule has 1 aromatic carbocycles. The molecule has 1 unspecified atom stereocenters. The minimum absolute atomic E-state index is 0.0303. The fraction of sp³-hybridized carbons (Fsp3) is 0.500. The molecule has 25 heavy (non-hydrogen) atoms. The van der Waals surface area contributed by atoms with Gasteiger partial charge in [-0.3, -0.25) is 0 Å². The molecule has 7 nitrogen and oxygen atoms in total. The Morgan fingerprint density at radius 3 is 2.88 bits per heavy atom. The molecule has 2 aromatic rings. The number of piperazine rings is 1. The Morgan fingerprint density at radius 2 is 2.04 bits per heavy atom. The molecular weight excluding hydrogens is 316 g/mol. The zero-order chi connectivity index (χ0) is 17.2.